The summed E-state index contributed by atoms with van der Waals surface area (Å²) in [6.07, 6.45) is 9.04. The van der Waals surface area contributed by atoms with Crippen LogP contribution < -0.4 is 10.6 Å². The second-order valence-corrected chi connectivity index (χ2v) is 6.73. The van der Waals surface area contributed by atoms with Crippen molar-refractivity contribution in [3.8, 4) is 0 Å². The normalized spacial score (nSPS) is 30.8. The van der Waals surface area contributed by atoms with E-state index >= 15 is 0 Å². The van der Waals surface area contributed by atoms with E-state index in [1.807, 2.05) is 0 Å². The predicted octanol–water partition coefficient (Wildman–Crippen LogP) is 2.71. The maximum atomic E-state index is 12.3. The third kappa shape index (κ3) is 4.48. The van der Waals surface area contributed by atoms with Crippen LogP contribution >= 0.6 is 0 Å². The van der Waals surface area contributed by atoms with Crippen LogP contribution in [-0.2, 0) is 4.79 Å². The number of amides is 1. The van der Waals surface area contributed by atoms with Crippen molar-refractivity contribution in [2.45, 2.75) is 64.8 Å². The Labute approximate surface area is 117 Å². The summed E-state index contributed by atoms with van der Waals surface area (Å²) in [5, 5.41) is 6.63. The molecule has 3 heteroatoms. The standard InChI is InChI=1S/C16H30N2O/c1-12-8-9-17-11-15(12)18-16(19)13(2)10-14-6-4-3-5-7-14/h12-15,17H,3-11H2,1-2H3,(H,18,19). The molecule has 1 saturated carbocycles. The van der Waals surface area contributed by atoms with Gasteiger partial charge in [-0.3, -0.25) is 4.79 Å². The largest absolute Gasteiger partial charge is 0.352 e. The molecule has 1 saturated heterocycles. The molecule has 2 fully saturated rings. The molecule has 0 radical (unpaired) electrons. The molecule has 3 unspecified atom stereocenters. The summed E-state index contributed by atoms with van der Waals surface area (Å²) in [4.78, 5) is 12.3. The highest BCUT2D eigenvalue weighted by molar-refractivity contribution is 5.78. The zero-order chi connectivity index (χ0) is 13.7. The number of carbonyl (C=O) groups excluding carboxylic acids is 1. The molecule has 3 atom stereocenters. The fourth-order valence-corrected chi connectivity index (χ4v) is 3.54. The molecule has 1 aliphatic heterocycles. The Bertz CT molecular complexity index is 286. The van der Waals surface area contributed by atoms with Crippen LogP contribution in [0.15, 0.2) is 0 Å². The summed E-state index contributed by atoms with van der Waals surface area (Å²) in [6, 6.07) is 0.329. The van der Waals surface area contributed by atoms with Gasteiger partial charge in [0, 0.05) is 18.5 Å². The summed E-state index contributed by atoms with van der Waals surface area (Å²) in [6.45, 7) is 6.37. The number of rotatable bonds is 4. The minimum atomic E-state index is 0.178. The molecule has 1 amide bonds. The second-order valence-electron chi connectivity index (χ2n) is 6.73. The van der Waals surface area contributed by atoms with Gasteiger partial charge in [-0.2, -0.15) is 0 Å². The van der Waals surface area contributed by atoms with Crippen molar-refractivity contribution < 1.29 is 4.79 Å². The molecule has 1 aliphatic carbocycles. The van der Waals surface area contributed by atoms with Gasteiger partial charge in [0.1, 0.15) is 0 Å². The SMILES string of the molecule is CC(CC1CCCCC1)C(=O)NC1CNCCC1C. The van der Waals surface area contributed by atoms with Crippen LogP contribution in [0.2, 0.25) is 0 Å². The molecule has 0 bridgehead atoms. The molecule has 0 aromatic heterocycles. The highest BCUT2D eigenvalue weighted by Crippen LogP contribution is 2.29. The average Bonchev–Trinajstić information content (AvgIpc) is 2.42. The summed E-state index contributed by atoms with van der Waals surface area (Å²) in [7, 11) is 0. The first kappa shape index (κ1) is 14.8. The Balaban J connectivity index is 1.74. The zero-order valence-corrected chi connectivity index (χ0v) is 12.6. The predicted molar refractivity (Wildman–Crippen MR) is 78.9 cm³/mol. The fraction of sp³-hybridized carbons (Fsp3) is 0.938. The Morgan fingerprint density at radius 3 is 2.68 bits per heavy atom. The van der Waals surface area contributed by atoms with Crippen LogP contribution in [-0.4, -0.2) is 25.0 Å². The fourth-order valence-electron chi connectivity index (χ4n) is 3.54. The molecule has 2 rings (SSSR count). The van der Waals surface area contributed by atoms with Gasteiger partial charge in [0.15, 0.2) is 0 Å². The first-order valence-electron chi connectivity index (χ1n) is 8.18. The monoisotopic (exact) mass is 266 g/mol. The average molecular weight is 266 g/mol. The van der Waals surface area contributed by atoms with Gasteiger partial charge < -0.3 is 10.6 Å². The third-order valence-electron chi connectivity index (χ3n) is 5.01. The van der Waals surface area contributed by atoms with E-state index < -0.39 is 0 Å². The molecule has 1 heterocycles. The van der Waals surface area contributed by atoms with Crippen LogP contribution in [0, 0.1) is 17.8 Å². The van der Waals surface area contributed by atoms with Crippen LogP contribution in [0.5, 0.6) is 0 Å². The summed E-state index contributed by atoms with van der Waals surface area (Å²) >= 11 is 0. The molecule has 0 aromatic carbocycles. The lowest BCUT2D eigenvalue weighted by Gasteiger charge is -2.32. The quantitative estimate of drug-likeness (QED) is 0.821. The van der Waals surface area contributed by atoms with Crippen molar-refractivity contribution in [2.75, 3.05) is 13.1 Å². The smallest absolute Gasteiger partial charge is 0.223 e. The topological polar surface area (TPSA) is 41.1 Å². The van der Waals surface area contributed by atoms with E-state index in [-0.39, 0.29) is 11.8 Å². The van der Waals surface area contributed by atoms with Gasteiger partial charge >= 0.3 is 0 Å². The lowest BCUT2D eigenvalue weighted by Crippen LogP contribution is -2.51. The molecule has 0 aromatic rings. The first-order chi connectivity index (χ1) is 9.16. The van der Waals surface area contributed by atoms with Crippen molar-refractivity contribution in [1.29, 1.82) is 0 Å². The third-order valence-corrected chi connectivity index (χ3v) is 5.01. The van der Waals surface area contributed by atoms with Crippen LogP contribution in [0.3, 0.4) is 0 Å². The molecule has 2 aliphatic rings. The van der Waals surface area contributed by atoms with Crippen molar-refractivity contribution >= 4 is 5.91 Å². The molecular weight excluding hydrogens is 236 g/mol. The lowest BCUT2D eigenvalue weighted by molar-refractivity contribution is -0.126. The van der Waals surface area contributed by atoms with Gasteiger partial charge in [-0.05, 0) is 31.2 Å². The minimum absolute atomic E-state index is 0.178. The van der Waals surface area contributed by atoms with Crippen molar-refractivity contribution in [2.24, 2.45) is 17.8 Å². The van der Waals surface area contributed by atoms with E-state index in [4.69, 9.17) is 0 Å². The number of piperidine rings is 1. The summed E-state index contributed by atoms with van der Waals surface area (Å²) in [5.74, 6) is 1.84. The number of hydrogen-bond donors (Lipinski definition) is 2. The molecule has 110 valence electrons. The van der Waals surface area contributed by atoms with E-state index in [9.17, 15) is 4.79 Å². The minimum Gasteiger partial charge on any atom is -0.352 e. The molecule has 19 heavy (non-hydrogen) atoms. The van der Waals surface area contributed by atoms with Gasteiger partial charge in [-0.25, -0.2) is 0 Å². The number of hydrogen-bond acceptors (Lipinski definition) is 2. The highest BCUT2D eigenvalue weighted by atomic mass is 16.1. The maximum Gasteiger partial charge on any atom is 0.223 e. The van der Waals surface area contributed by atoms with Gasteiger partial charge in [0.25, 0.3) is 0 Å². The second kappa shape index (κ2) is 7.28. The molecule has 3 nitrogen and oxygen atoms in total. The molecular formula is C16H30N2O. The van der Waals surface area contributed by atoms with Crippen LogP contribution in [0.1, 0.15) is 58.8 Å². The van der Waals surface area contributed by atoms with Crippen LogP contribution in [0.25, 0.3) is 0 Å². The van der Waals surface area contributed by atoms with E-state index in [1.165, 1.54) is 38.5 Å². The van der Waals surface area contributed by atoms with Crippen molar-refractivity contribution in [3.05, 3.63) is 0 Å². The van der Waals surface area contributed by atoms with E-state index in [0.29, 0.717) is 12.0 Å². The van der Waals surface area contributed by atoms with Gasteiger partial charge in [-0.15, -0.1) is 0 Å². The van der Waals surface area contributed by atoms with E-state index in [2.05, 4.69) is 24.5 Å². The van der Waals surface area contributed by atoms with Gasteiger partial charge in [0.2, 0.25) is 5.91 Å². The summed E-state index contributed by atoms with van der Waals surface area (Å²) in [5.41, 5.74) is 0. The van der Waals surface area contributed by atoms with E-state index in [1.54, 1.807) is 0 Å². The Kier molecular flexibility index (Phi) is 5.68. The van der Waals surface area contributed by atoms with Crippen molar-refractivity contribution in [3.63, 3.8) is 0 Å². The Morgan fingerprint density at radius 2 is 2.00 bits per heavy atom. The Morgan fingerprint density at radius 1 is 1.26 bits per heavy atom. The zero-order valence-electron chi connectivity index (χ0n) is 12.6. The molecule has 2 N–H and O–H groups in total. The van der Waals surface area contributed by atoms with Gasteiger partial charge in [0.05, 0.1) is 0 Å². The number of nitrogens with one attached hydrogen (secondary N) is 2. The first-order valence-corrected chi connectivity index (χ1v) is 8.18. The van der Waals surface area contributed by atoms with E-state index in [0.717, 1.165) is 25.4 Å². The Hall–Kier alpha value is -0.570. The van der Waals surface area contributed by atoms with Gasteiger partial charge in [-0.1, -0.05) is 46.0 Å². The van der Waals surface area contributed by atoms with Crippen LogP contribution in [0.4, 0.5) is 0 Å². The maximum absolute atomic E-state index is 12.3. The summed E-state index contributed by atoms with van der Waals surface area (Å²) < 4.78 is 0. The lowest BCUT2D eigenvalue weighted by atomic mass is 9.83. The molecule has 0 spiro atoms. The van der Waals surface area contributed by atoms with Crippen molar-refractivity contribution in [1.82, 2.24) is 10.6 Å². The highest BCUT2D eigenvalue weighted by Gasteiger charge is 2.26. The number of carbonyl (C=O) groups is 1.